The van der Waals surface area contributed by atoms with Crippen molar-refractivity contribution in [2.45, 2.75) is 6.92 Å². The first-order chi connectivity index (χ1) is 7.58. The highest BCUT2D eigenvalue weighted by Gasteiger charge is 2.06. The van der Waals surface area contributed by atoms with Crippen molar-refractivity contribution in [2.75, 3.05) is 0 Å². The molecular formula is C12H8ClO3-. The summed E-state index contributed by atoms with van der Waals surface area (Å²) in [6.45, 7) is 1.89. The molecule has 1 heterocycles. The van der Waals surface area contributed by atoms with E-state index >= 15 is 0 Å². The molecule has 0 radical (unpaired) electrons. The molecule has 2 rings (SSSR count). The zero-order valence-corrected chi connectivity index (χ0v) is 9.25. The number of furan rings is 1. The maximum absolute atomic E-state index is 10.5. The van der Waals surface area contributed by atoms with Crippen LogP contribution >= 0.6 is 11.6 Å². The number of hydrogen-bond acceptors (Lipinski definition) is 3. The van der Waals surface area contributed by atoms with Gasteiger partial charge in [-0.25, -0.2) is 0 Å². The quantitative estimate of drug-likeness (QED) is 0.802. The van der Waals surface area contributed by atoms with Gasteiger partial charge >= 0.3 is 0 Å². The van der Waals surface area contributed by atoms with Gasteiger partial charge in [0.15, 0.2) is 0 Å². The molecule has 2 aromatic rings. The Labute approximate surface area is 97.3 Å². The van der Waals surface area contributed by atoms with Crippen molar-refractivity contribution in [3.05, 3.63) is 46.7 Å². The summed E-state index contributed by atoms with van der Waals surface area (Å²) >= 11 is 5.96. The van der Waals surface area contributed by atoms with Crippen LogP contribution in [0.15, 0.2) is 34.7 Å². The number of halogens is 1. The average Bonchev–Trinajstić information content (AvgIpc) is 2.71. The number of carboxylic acids is 1. The number of benzene rings is 1. The lowest BCUT2D eigenvalue weighted by atomic mass is 10.1. The van der Waals surface area contributed by atoms with Crippen molar-refractivity contribution >= 4 is 17.6 Å². The maximum atomic E-state index is 10.5. The number of rotatable bonds is 2. The third kappa shape index (κ3) is 1.95. The summed E-state index contributed by atoms with van der Waals surface area (Å²) in [4.78, 5) is 10.5. The van der Waals surface area contributed by atoms with Gasteiger partial charge in [-0.1, -0.05) is 23.7 Å². The van der Waals surface area contributed by atoms with Gasteiger partial charge in [-0.05, 0) is 30.7 Å². The van der Waals surface area contributed by atoms with Gasteiger partial charge in [-0.3, -0.25) is 0 Å². The number of carboxylic acid groups (broad SMARTS) is 1. The lowest BCUT2D eigenvalue weighted by Crippen LogP contribution is -2.21. The molecule has 0 saturated heterocycles. The second kappa shape index (κ2) is 4.02. The van der Waals surface area contributed by atoms with Crippen LogP contribution in [-0.4, -0.2) is 5.97 Å². The van der Waals surface area contributed by atoms with E-state index in [4.69, 9.17) is 16.0 Å². The first-order valence-electron chi connectivity index (χ1n) is 4.65. The first-order valence-corrected chi connectivity index (χ1v) is 5.03. The molecule has 0 aliphatic carbocycles. The summed E-state index contributed by atoms with van der Waals surface area (Å²) < 4.78 is 5.11. The van der Waals surface area contributed by atoms with Gasteiger partial charge in [0.25, 0.3) is 0 Å². The molecule has 4 heteroatoms. The molecule has 1 aromatic carbocycles. The predicted octanol–water partition coefficient (Wildman–Crippen LogP) is 2.27. The van der Waals surface area contributed by atoms with E-state index in [0.717, 1.165) is 11.1 Å². The maximum Gasteiger partial charge on any atom is 0.150 e. The van der Waals surface area contributed by atoms with Crippen LogP contribution in [0.25, 0.3) is 11.3 Å². The highest BCUT2D eigenvalue weighted by Crippen LogP contribution is 2.26. The highest BCUT2D eigenvalue weighted by molar-refractivity contribution is 6.31. The van der Waals surface area contributed by atoms with Crippen molar-refractivity contribution in [3.8, 4) is 11.3 Å². The fraction of sp³-hybridized carbons (Fsp3) is 0.0833. The topological polar surface area (TPSA) is 53.3 Å². The third-order valence-electron chi connectivity index (χ3n) is 2.26. The monoisotopic (exact) mass is 235 g/mol. The van der Waals surface area contributed by atoms with Crippen LogP contribution in [0.3, 0.4) is 0 Å². The number of aryl methyl sites for hydroxylation is 1. The Kier molecular flexibility index (Phi) is 2.71. The number of aromatic carboxylic acids is 1. The zero-order valence-electron chi connectivity index (χ0n) is 8.49. The minimum Gasteiger partial charge on any atom is -0.542 e. The van der Waals surface area contributed by atoms with Gasteiger partial charge in [0, 0.05) is 10.6 Å². The molecule has 0 amide bonds. The highest BCUT2D eigenvalue weighted by atomic mass is 35.5. The second-order valence-electron chi connectivity index (χ2n) is 3.42. The predicted molar refractivity (Wildman–Crippen MR) is 58.2 cm³/mol. The van der Waals surface area contributed by atoms with Gasteiger partial charge < -0.3 is 14.3 Å². The minimum atomic E-state index is -1.33. The van der Waals surface area contributed by atoms with Crippen LogP contribution < -0.4 is 5.11 Å². The largest absolute Gasteiger partial charge is 0.542 e. The van der Waals surface area contributed by atoms with E-state index < -0.39 is 5.97 Å². The van der Waals surface area contributed by atoms with E-state index in [-0.39, 0.29) is 5.76 Å². The van der Waals surface area contributed by atoms with E-state index in [9.17, 15) is 9.90 Å². The van der Waals surface area contributed by atoms with E-state index in [0.29, 0.717) is 10.8 Å². The molecule has 0 N–H and O–H groups in total. The van der Waals surface area contributed by atoms with Crippen molar-refractivity contribution in [1.29, 1.82) is 0 Å². The van der Waals surface area contributed by atoms with Crippen LogP contribution in [0.1, 0.15) is 16.1 Å². The van der Waals surface area contributed by atoms with Gasteiger partial charge in [-0.15, -0.1) is 0 Å². The van der Waals surface area contributed by atoms with Gasteiger partial charge in [-0.2, -0.15) is 0 Å². The summed E-state index contributed by atoms with van der Waals surface area (Å²) in [6, 6.07) is 8.33. The molecule has 0 fully saturated rings. The van der Waals surface area contributed by atoms with Crippen LogP contribution in [0.5, 0.6) is 0 Å². The molecule has 0 spiro atoms. The van der Waals surface area contributed by atoms with Crippen LogP contribution in [0.2, 0.25) is 5.02 Å². The van der Waals surface area contributed by atoms with Crippen LogP contribution in [-0.2, 0) is 0 Å². The van der Waals surface area contributed by atoms with Crippen LogP contribution in [0, 0.1) is 6.92 Å². The molecule has 0 aliphatic rings. The van der Waals surface area contributed by atoms with Gasteiger partial charge in [0.1, 0.15) is 17.5 Å². The molecule has 0 aliphatic heterocycles. The molecule has 0 bridgehead atoms. The summed E-state index contributed by atoms with van der Waals surface area (Å²) in [5, 5.41) is 11.2. The molecule has 0 unspecified atom stereocenters. The summed E-state index contributed by atoms with van der Waals surface area (Å²) in [6.07, 6.45) is 0. The summed E-state index contributed by atoms with van der Waals surface area (Å²) in [5.74, 6) is -1.06. The first kappa shape index (κ1) is 10.8. The third-order valence-corrected chi connectivity index (χ3v) is 2.67. The number of carbonyl (C=O) groups excluding carboxylic acids is 1. The van der Waals surface area contributed by atoms with Crippen LogP contribution in [0.4, 0.5) is 0 Å². The molecular weight excluding hydrogens is 228 g/mol. The van der Waals surface area contributed by atoms with Crippen molar-refractivity contribution < 1.29 is 14.3 Å². The fourth-order valence-electron chi connectivity index (χ4n) is 1.35. The zero-order chi connectivity index (χ0) is 11.7. The van der Waals surface area contributed by atoms with Crippen molar-refractivity contribution in [3.63, 3.8) is 0 Å². The Morgan fingerprint density at radius 3 is 2.62 bits per heavy atom. The standard InChI is InChI=1S/C12H9ClO3/c1-7-2-3-8(6-9(7)13)10-4-5-11(16-10)12(14)15/h2-6H,1H3,(H,14,15)/p-1. The summed E-state index contributed by atoms with van der Waals surface area (Å²) in [7, 11) is 0. The normalized spacial score (nSPS) is 10.4. The molecule has 1 aromatic heterocycles. The van der Waals surface area contributed by atoms with Crippen molar-refractivity contribution in [1.82, 2.24) is 0 Å². The molecule has 0 saturated carbocycles. The van der Waals surface area contributed by atoms with Gasteiger partial charge in [0.05, 0.1) is 0 Å². The van der Waals surface area contributed by atoms with E-state index in [1.807, 2.05) is 19.1 Å². The molecule has 82 valence electrons. The molecule has 16 heavy (non-hydrogen) atoms. The van der Waals surface area contributed by atoms with E-state index in [1.54, 1.807) is 12.1 Å². The lowest BCUT2D eigenvalue weighted by Gasteiger charge is -2.01. The summed E-state index contributed by atoms with van der Waals surface area (Å²) in [5.41, 5.74) is 1.69. The Morgan fingerprint density at radius 1 is 1.31 bits per heavy atom. The lowest BCUT2D eigenvalue weighted by molar-refractivity contribution is -0.257. The van der Waals surface area contributed by atoms with Crippen molar-refractivity contribution in [2.24, 2.45) is 0 Å². The number of carbonyl (C=O) groups is 1. The Bertz CT molecular complexity index is 543. The Hall–Kier alpha value is -1.74. The fourth-order valence-corrected chi connectivity index (χ4v) is 1.53. The molecule has 3 nitrogen and oxygen atoms in total. The molecule has 0 atom stereocenters. The van der Waals surface area contributed by atoms with Gasteiger partial charge in [0.2, 0.25) is 0 Å². The SMILES string of the molecule is Cc1ccc(-c2ccc(C(=O)[O-])o2)cc1Cl. The van der Waals surface area contributed by atoms with E-state index in [2.05, 4.69) is 0 Å². The average molecular weight is 236 g/mol. The number of hydrogen-bond donors (Lipinski definition) is 0. The second-order valence-corrected chi connectivity index (χ2v) is 3.82. The Morgan fingerprint density at radius 2 is 2.06 bits per heavy atom. The van der Waals surface area contributed by atoms with E-state index in [1.165, 1.54) is 6.07 Å². The smallest absolute Gasteiger partial charge is 0.150 e. The Balaban J connectivity index is 2.42. The minimum absolute atomic E-state index is 0.188.